The second-order valence-corrected chi connectivity index (χ2v) is 6.41. The Bertz CT molecular complexity index is 990. The maximum Gasteiger partial charge on any atom is 0.270 e. The normalized spacial score (nSPS) is 10.4. The van der Waals surface area contributed by atoms with Crippen molar-refractivity contribution in [1.29, 1.82) is 0 Å². The number of nitrogens with one attached hydrogen (secondary N) is 1. The molecule has 0 aliphatic carbocycles. The van der Waals surface area contributed by atoms with Crippen LogP contribution in [0.5, 0.6) is 5.75 Å². The first-order chi connectivity index (χ1) is 12.5. The van der Waals surface area contributed by atoms with Crippen molar-refractivity contribution in [1.82, 2.24) is 4.98 Å². The summed E-state index contributed by atoms with van der Waals surface area (Å²) in [5.41, 5.74) is 1.50. The molecule has 1 N–H and O–H groups in total. The number of non-ortho nitro benzene ring substituents is 1. The molecule has 1 aromatic heterocycles. The van der Waals surface area contributed by atoms with Crippen LogP contribution < -0.4 is 10.1 Å². The number of carbonyl (C=O) groups is 1. The van der Waals surface area contributed by atoms with E-state index in [9.17, 15) is 14.9 Å². The minimum absolute atomic E-state index is 0.00118. The number of halogens is 1. The Morgan fingerprint density at radius 2 is 2.12 bits per heavy atom. The maximum atomic E-state index is 12.3. The predicted octanol–water partition coefficient (Wildman–Crippen LogP) is 4.63. The number of amides is 1. The van der Waals surface area contributed by atoms with E-state index in [1.807, 2.05) is 29.6 Å². The highest BCUT2D eigenvalue weighted by Crippen LogP contribution is 2.28. The van der Waals surface area contributed by atoms with Gasteiger partial charge in [-0.15, -0.1) is 11.3 Å². The highest BCUT2D eigenvalue weighted by Gasteiger charge is 2.16. The van der Waals surface area contributed by atoms with Crippen molar-refractivity contribution in [3.05, 3.63) is 68.5 Å². The van der Waals surface area contributed by atoms with Crippen molar-refractivity contribution in [2.75, 3.05) is 12.4 Å². The van der Waals surface area contributed by atoms with Gasteiger partial charge in [0.05, 0.1) is 28.3 Å². The lowest BCUT2D eigenvalue weighted by Gasteiger charge is -2.04. The summed E-state index contributed by atoms with van der Waals surface area (Å²) < 4.78 is 5.19. The van der Waals surface area contributed by atoms with E-state index in [0.29, 0.717) is 16.6 Å². The molecule has 0 atom stereocenters. The van der Waals surface area contributed by atoms with Crippen molar-refractivity contribution in [2.24, 2.45) is 0 Å². The minimum Gasteiger partial charge on any atom is -0.497 e. The number of thiazole rings is 1. The van der Waals surface area contributed by atoms with Crippen LogP contribution in [0.2, 0.25) is 5.02 Å². The number of carbonyl (C=O) groups excluding carboxylic acids is 1. The predicted molar refractivity (Wildman–Crippen MR) is 100 cm³/mol. The van der Waals surface area contributed by atoms with Crippen LogP contribution in [-0.4, -0.2) is 22.9 Å². The Morgan fingerprint density at radius 3 is 2.81 bits per heavy atom. The number of hydrogen-bond acceptors (Lipinski definition) is 6. The molecule has 0 aliphatic rings. The number of methoxy groups -OCH3 is 1. The van der Waals surface area contributed by atoms with Gasteiger partial charge in [-0.1, -0.05) is 23.7 Å². The SMILES string of the molecule is COc1cccc(-c2csc(NC(=O)c3ccc([N+](=O)[O-])cc3Cl)n2)c1. The molecule has 2 aromatic carbocycles. The monoisotopic (exact) mass is 389 g/mol. The molecule has 1 heterocycles. The number of benzene rings is 2. The first-order valence-electron chi connectivity index (χ1n) is 7.33. The van der Waals surface area contributed by atoms with Crippen LogP contribution in [0.25, 0.3) is 11.3 Å². The zero-order chi connectivity index (χ0) is 18.7. The maximum absolute atomic E-state index is 12.3. The summed E-state index contributed by atoms with van der Waals surface area (Å²) in [7, 11) is 1.58. The zero-order valence-corrected chi connectivity index (χ0v) is 15.0. The van der Waals surface area contributed by atoms with Gasteiger partial charge in [0.1, 0.15) is 5.75 Å². The smallest absolute Gasteiger partial charge is 0.270 e. The molecule has 1 amide bonds. The summed E-state index contributed by atoms with van der Waals surface area (Å²) in [6.45, 7) is 0. The Morgan fingerprint density at radius 1 is 1.31 bits per heavy atom. The Kier molecular flexibility index (Phi) is 5.15. The van der Waals surface area contributed by atoms with E-state index >= 15 is 0 Å². The molecule has 0 saturated heterocycles. The molecule has 7 nitrogen and oxygen atoms in total. The van der Waals surface area contributed by atoms with E-state index in [1.54, 1.807) is 7.11 Å². The molecule has 26 heavy (non-hydrogen) atoms. The zero-order valence-electron chi connectivity index (χ0n) is 13.4. The van der Waals surface area contributed by atoms with Gasteiger partial charge in [-0.3, -0.25) is 20.2 Å². The third-order valence-electron chi connectivity index (χ3n) is 3.50. The Labute approximate surface area is 157 Å². The molecule has 0 aliphatic heterocycles. The minimum atomic E-state index is -0.575. The fraction of sp³-hybridized carbons (Fsp3) is 0.0588. The average Bonchev–Trinajstić information content (AvgIpc) is 3.10. The Hall–Kier alpha value is -2.97. The third kappa shape index (κ3) is 3.81. The summed E-state index contributed by atoms with van der Waals surface area (Å²) in [5, 5.41) is 15.6. The van der Waals surface area contributed by atoms with Gasteiger partial charge < -0.3 is 4.74 Å². The fourth-order valence-corrected chi connectivity index (χ4v) is 3.19. The number of nitro groups is 1. The van der Waals surface area contributed by atoms with E-state index < -0.39 is 10.8 Å². The van der Waals surface area contributed by atoms with E-state index in [0.717, 1.165) is 11.6 Å². The first-order valence-corrected chi connectivity index (χ1v) is 8.59. The molecule has 9 heteroatoms. The van der Waals surface area contributed by atoms with Crippen molar-refractivity contribution < 1.29 is 14.5 Å². The van der Waals surface area contributed by atoms with E-state index in [4.69, 9.17) is 16.3 Å². The van der Waals surface area contributed by atoms with Gasteiger partial charge in [0, 0.05) is 23.1 Å². The van der Waals surface area contributed by atoms with E-state index in [1.165, 1.54) is 23.5 Å². The van der Waals surface area contributed by atoms with E-state index in [2.05, 4.69) is 10.3 Å². The second kappa shape index (κ2) is 7.51. The molecule has 0 bridgehead atoms. The lowest BCUT2D eigenvalue weighted by atomic mass is 10.2. The number of ether oxygens (including phenoxy) is 1. The molecule has 0 unspecified atom stereocenters. The van der Waals surface area contributed by atoms with Crippen LogP contribution in [0.1, 0.15) is 10.4 Å². The molecule has 0 spiro atoms. The average molecular weight is 390 g/mol. The standard InChI is InChI=1S/C17H12ClN3O4S/c1-25-12-4-2-3-10(7-12)15-9-26-17(19-15)20-16(22)13-6-5-11(21(23)24)8-14(13)18/h2-9H,1H3,(H,19,20,22). The second-order valence-electron chi connectivity index (χ2n) is 5.15. The van der Waals surface area contributed by atoms with Crippen molar-refractivity contribution >= 4 is 39.7 Å². The van der Waals surface area contributed by atoms with Crippen LogP contribution >= 0.6 is 22.9 Å². The van der Waals surface area contributed by atoms with Crippen molar-refractivity contribution in [3.8, 4) is 17.0 Å². The highest BCUT2D eigenvalue weighted by molar-refractivity contribution is 7.14. The third-order valence-corrected chi connectivity index (χ3v) is 4.57. The topological polar surface area (TPSA) is 94.4 Å². The van der Waals surface area contributed by atoms with Gasteiger partial charge in [-0.25, -0.2) is 4.98 Å². The van der Waals surface area contributed by atoms with Gasteiger partial charge in [-0.05, 0) is 18.2 Å². The van der Waals surface area contributed by atoms with Gasteiger partial charge in [-0.2, -0.15) is 0 Å². The number of hydrogen-bond donors (Lipinski definition) is 1. The number of anilines is 1. The number of nitrogens with zero attached hydrogens (tertiary/aromatic N) is 2. The molecule has 0 radical (unpaired) electrons. The lowest BCUT2D eigenvalue weighted by Crippen LogP contribution is -2.12. The highest BCUT2D eigenvalue weighted by atomic mass is 35.5. The molecular formula is C17H12ClN3O4S. The van der Waals surface area contributed by atoms with Gasteiger partial charge in [0.15, 0.2) is 5.13 Å². The lowest BCUT2D eigenvalue weighted by molar-refractivity contribution is -0.384. The number of aromatic nitrogens is 1. The summed E-state index contributed by atoms with van der Waals surface area (Å²) in [5.74, 6) is 0.218. The van der Waals surface area contributed by atoms with E-state index in [-0.39, 0.29) is 16.3 Å². The molecule has 3 rings (SSSR count). The first kappa shape index (κ1) is 17.8. The van der Waals surface area contributed by atoms with Crippen molar-refractivity contribution in [3.63, 3.8) is 0 Å². The van der Waals surface area contributed by atoms with Gasteiger partial charge in [0.25, 0.3) is 11.6 Å². The van der Waals surface area contributed by atoms with Crippen LogP contribution in [0.3, 0.4) is 0 Å². The molecule has 0 fully saturated rings. The van der Waals surface area contributed by atoms with Gasteiger partial charge >= 0.3 is 0 Å². The summed E-state index contributed by atoms with van der Waals surface area (Å²) in [6, 6.07) is 11.1. The summed E-state index contributed by atoms with van der Waals surface area (Å²) in [6.07, 6.45) is 0. The Balaban J connectivity index is 1.78. The quantitative estimate of drug-likeness (QED) is 0.507. The summed E-state index contributed by atoms with van der Waals surface area (Å²) in [4.78, 5) is 26.9. The number of rotatable bonds is 5. The largest absolute Gasteiger partial charge is 0.497 e. The molecule has 132 valence electrons. The summed E-state index contributed by atoms with van der Waals surface area (Å²) >= 11 is 7.23. The van der Waals surface area contributed by atoms with Crippen LogP contribution in [0.15, 0.2) is 47.8 Å². The van der Waals surface area contributed by atoms with Gasteiger partial charge in [0.2, 0.25) is 0 Å². The fourth-order valence-electron chi connectivity index (χ4n) is 2.21. The van der Waals surface area contributed by atoms with Crippen LogP contribution in [0.4, 0.5) is 10.8 Å². The molecule has 3 aromatic rings. The molecule has 0 saturated carbocycles. The van der Waals surface area contributed by atoms with Crippen LogP contribution in [-0.2, 0) is 0 Å². The van der Waals surface area contributed by atoms with Crippen molar-refractivity contribution in [2.45, 2.75) is 0 Å². The van der Waals surface area contributed by atoms with Crippen LogP contribution in [0, 0.1) is 10.1 Å². The number of nitro benzene ring substituents is 1. The molecular weight excluding hydrogens is 378 g/mol.